The second-order valence-corrected chi connectivity index (χ2v) is 8.29. The average molecular weight is 364 g/mol. The number of pyridine rings is 1. The molecular weight excluding hydrogens is 337 g/mol. The normalized spacial score (nSPS) is 14.7. The first-order valence-electron chi connectivity index (χ1n) is 9.33. The molecule has 1 amide bonds. The molecule has 1 aromatic carbocycles. The van der Waals surface area contributed by atoms with Gasteiger partial charge in [0, 0.05) is 17.3 Å². The number of carbonyl (C=O) groups excluding carboxylic acids is 1. The molecule has 0 atom stereocenters. The van der Waals surface area contributed by atoms with Gasteiger partial charge < -0.3 is 15.7 Å². The number of anilines is 1. The lowest BCUT2D eigenvalue weighted by Gasteiger charge is -2.38. The Morgan fingerprint density at radius 2 is 1.85 bits per heavy atom. The zero-order chi connectivity index (χ0) is 19.7. The van der Waals surface area contributed by atoms with Crippen LogP contribution in [0.15, 0.2) is 42.6 Å². The smallest absolute Gasteiger partial charge is 0.330 e. The van der Waals surface area contributed by atoms with Crippen LogP contribution in [0.4, 0.5) is 5.82 Å². The van der Waals surface area contributed by atoms with E-state index in [-0.39, 0.29) is 5.91 Å². The number of benzene rings is 1. The molecular formula is C21H27BN3O2. The summed E-state index contributed by atoms with van der Waals surface area (Å²) in [6, 6.07) is 11.2. The molecule has 3 N–H and O–H groups in total. The van der Waals surface area contributed by atoms with E-state index in [1.165, 1.54) is 18.4 Å². The Hall–Kier alpha value is -2.18. The fourth-order valence-corrected chi connectivity index (χ4v) is 2.45. The van der Waals surface area contributed by atoms with E-state index >= 15 is 0 Å². The molecule has 141 valence electrons. The van der Waals surface area contributed by atoms with Gasteiger partial charge in [0.05, 0.1) is 5.60 Å². The van der Waals surface area contributed by atoms with Crippen molar-refractivity contribution in [1.82, 2.24) is 4.98 Å². The van der Waals surface area contributed by atoms with Crippen LogP contribution in [0.1, 0.15) is 62.4 Å². The molecule has 27 heavy (non-hydrogen) atoms. The highest BCUT2D eigenvalue weighted by Crippen LogP contribution is 2.40. The van der Waals surface area contributed by atoms with E-state index in [9.17, 15) is 4.79 Å². The minimum Gasteiger partial charge on any atom is -0.428 e. The molecule has 1 aliphatic carbocycles. The van der Waals surface area contributed by atoms with Gasteiger partial charge in [-0.3, -0.25) is 4.79 Å². The van der Waals surface area contributed by atoms with Gasteiger partial charge in [-0.25, -0.2) is 4.98 Å². The van der Waals surface area contributed by atoms with Gasteiger partial charge in [0.25, 0.3) is 5.91 Å². The van der Waals surface area contributed by atoms with Gasteiger partial charge in [-0.1, -0.05) is 17.6 Å². The van der Waals surface area contributed by atoms with Crippen molar-refractivity contribution in [3.8, 4) is 0 Å². The number of nitrogens with two attached hydrogens (primary N) is 1. The number of nitrogens with zero attached hydrogens (tertiary/aromatic N) is 1. The second-order valence-electron chi connectivity index (χ2n) is 8.29. The van der Waals surface area contributed by atoms with Crippen LogP contribution in [-0.4, -0.2) is 29.5 Å². The predicted molar refractivity (Wildman–Crippen MR) is 109 cm³/mol. The Balaban J connectivity index is 1.59. The van der Waals surface area contributed by atoms with E-state index in [4.69, 9.17) is 10.4 Å². The summed E-state index contributed by atoms with van der Waals surface area (Å²) < 4.78 is 5.86. The number of hydrogen-bond donors (Lipinski definition) is 2. The maximum Gasteiger partial charge on any atom is 0.330 e. The molecule has 5 nitrogen and oxygen atoms in total. The van der Waals surface area contributed by atoms with E-state index in [1.54, 1.807) is 25.8 Å². The minimum absolute atomic E-state index is 0.175. The lowest BCUT2D eigenvalue weighted by atomic mass is 9.81. The SMILES string of the molecule is CC(C)(N)C(C)(C)O[B]c1ccc(C(=O)Nc2cc(C3CC3)ccn2)cc1. The van der Waals surface area contributed by atoms with Crippen LogP contribution >= 0.6 is 0 Å². The van der Waals surface area contributed by atoms with Gasteiger partial charge in [0.15, 0.2) is 0 Å². The van der Waals surface area contributed by atoms with Crippen LogP contribution in [0.5, 0.6) is 0 Å². The molecule has 1 aliphatic rings. The van der Waals surface area contributed by atoms with Crippen molar-refractivity contribution in [2.45, 2.75) is 57.6 Å². The van der Waals surface area contributed by atoms with Crippen molar-refractivity contribution in [3.05, 3.63) is 53.7 Å². The Kier molecular flexibility index (Phi) is 5.40. The first-order chi connectivity index (χ1) is 12.7. The molecule has 2 aromatic rings. The molecule has 0 aliphatic heterocycles. The van der Waals surface area contributed by atoms with Crippen LogP contribution in [0.2, 0.25) is 0 Å². The topological polar surface area (TPSA) is 77.2 Å². The number of rotatable bonds is 7. The molecule has 1 heterocycles. The summed E-state index contributed by atoms with van der Waals surface area (Å²) in [7, 11) is 1.68. The monoisotopic (exact) mass is 364 g/mol. The standard InChI is InChI=1S/C21H27BN3O2/c1-20(2,23)21(3,4)27-22-17-9-7-15(8-10-17)19(26)25-18-13-16(11-12-24-18)14-5-6-14/h7-14H,5-6,23H2,1-4H3,(H,24,25,26). The Labute approximate surface area is 162 Å². The van der Waals surface area contributed by atoms with Crippen molar-refractivity contribution in [2.75, 3.05) is 5.32 Å². The van der Waals surface area contributed by atoms with Crippen molar-refractivity contribution in [1.29, 1.82) is 0 Å². The molecule has 0 saturated heterocycles. The molecule has 0 unspecified atom stereocenters. The predicted octanol–water partition coefficient (Wildman–Crippen LogP) is 2.99. The van der Waals surface area contributed by atoms with Crippen molar-refractivity contribution in [2.24, 2.45) is 5.73 Å². The van der Waals surface area contributed by atoms with Gasteiger partial charge >= 0.3 is 7.48 Å². The summed E-state index contributed by atoms with van der Waals surface area (Å²) in [5.74, 6) is 1.04. The summed E-state index contributed by atoms with van der Waals surface area (Å²) in [5, 5.41) is 2.87. The molecule has 1 aromatic heterocycles. The van der Waals surface area contributed by atoms with Crippen LogP contribution < -0.4 is 16.5 Å². The first kappa shape index (κ1) is 19.6. The third-order valence-corrected chi connectivity index (χ3v) is 5.29. The number of aromatic nitrogens is 1. The number of nitrogens with one attached hydrogen (secondary N) is 1. The van der Waals surface area contributed by atoms with Crippen LogP contribution in [0, 0.1) is 0 Å². The van der Waals surface area contributed by atoms with Crippen LogP contribution in [-0.2, 0) is 4.65 Å². The third kappa shape index (κ3) is 4.96. The third-order valence-electron chi connectivity index (χ3n) is 5.29. The fraction of sp³-hybridized carbons (Fsp3) is 0.429. The van der Waals surface area contributed by atoms with Gasteiger partial charge in [0.2, 0.25) is 0 Å². The summed E-state index contributed by atoms with van der Waals surface area (Å²) >= 11 is 0. The van der Waals surface area contributed by atoms with Crippen molar-refractivity contribution in [3.63, 3.8) is 0 Å². The van der Waals surface area contributed by atoms with Gasteiger partial charge in [-0.05, 0) is 76.3 Å². The summed E-state index contributed by atoms with van der Waals surface area (Å²) in [5.41, 5.74) is 7.84. The van der Waals surface area contributed by atoms with E-state index in [0.717, 1.165) is 5.46 Å². The van der Waals surface area contributed by atoms with Crippen LogP contribution in [0.25, 0.3) is 0 Å². The molecule has 1 radical (unpaired) electrons. The highest BCUT2D eigenvalue weighted by atomic mass is 16.5. The summed E-state index contributed by atoms with van der Waals surface area (Å²) in [4.78, 5) is 16.7. The molecule has 1 saturated carbocycles. The van der Waals surface area contributed by atoms with Crippen molar-refractivity contribution < 1.29 is 9.45 Å². The molecule has 0 bridgehead atoms. The zero-order valence-corrected chi connectivity index (χ0v) is 16.5. The Morgan fingerprint density at radius 1 is 1.19 bits per heavy atom. The zero-order valence-electron chi connectivity index (χ0n) is 16.5. The summed E-state index contributed by atoms with van der Waals surface area (Å²) in [6.07, 6.45) is 4.19. The van der Waals surface area contributed by atoms with E-state index in [1.807, 2.05) is 52.0 Å². The van der Waals surface area contributed by atoms with Crippen LogP contribution in [0.3, 0.4) is 0 Å². The largest absolute Gasteiger partial charge is 0.428 e. The molecule has 6 heteroatoms. The highest BCUT2D eigenvalue weighted by Gasteiger charge is 2.34. The second kappa shape index (κ2) is 7.45. The minimum atomic E-state index is -0.513. The van der Waals surface area contributed by atoms with Crippen molar-refractivity contribution >= 4 is 24.7 Å². The van der Waals surface area contributed by atoms with E-state index in [2.05, 4.69) is 10.3 Å². The quantitative estimate of drug-likeness (QED) is 0.741. The maximum absolute atomic E-state index is 12.5. The first-order valence-corrected chi connectivity index (χ1v) is 9.33. The van der Waals surface area contributed by atoms with Gasteiger partial charge in [-0.2, -0.15) is 0 Å². The lowest BCUT2D eigenvalue weighted by Crippen LogP contribution is -2.55. The molecule has 0 spiro atoms. The maximum atomic E-state index is 12.5. The average Bonchev–Trinajstić information content (AvgIpc) is 3.45. The Morgan fingerprint density at radius 3 is 2.44 bits per heavy atom. The fourth-order valence-electron chi connectivity index (χ4n) is 2.45. The lowest BCUT2D eigenvalue weighted by molar-refractivity contribution is 0.0462. The number of hydrogen-bond acceptors (Lipinski definition) is 4. The van der Waals surface area contributed by atoms with E-state index in [0.29, 0.717) is 17.3 Å². The molecule has 3 rings (SSSR count). The Bertz CT molecular complexity index is 809. The number of carbonyl (C=O) groups is 1. The van der Waals surface area contributed by atoms with E-state index < -0.39 is 11.1 Å². The summed E-state index contributed by atoms with van der Waals surface area (Å²) in [6.45, 7) is 7.77. The van der Waals surface area contributed by atoms with Gasteiger partial charge in [0.1, 0.15) is 5.82 Å². The molecule has 1 fully saturated rings. The highest BCUT2D eigenvalue weighted by molar-refractivity contribution is 6.47. The number of amides is 1. The van der Waals surface area contributed by atoms with Gasteiger partial charge in [-0.15, -0.1) is 0 Å².